The van der Waals surface area contributed by atoms with Crippen LogP contribution in [0.2, 0.25) is 5.02 Å². The van der Waals surface area contributed by atoms with E-state index in [1.54, 1.807) is 4.90 Å². The van der Waals surface area contributed by atoms with Crippen molar-refractivity contribution in [2.45, 2.75) is 6.54 Å². The molecule has 0 atom stereocenters. The number of halogens is 1. The highest BCUT2D eigenvalue weighted by Crippen LogP contribution is 2.15. The van der Waals surface area contributed by atoms with Gasteiger partial charge in [0, 0.05) is 50.5 Å². The maximum Gasteiger partial charge on any atom is 0.240 e. The molecule has 0 aliphatic carbocycles. The average molecular weight is 358 g/mol. The topological polar surface area (TPSA) is 26.8 Å². The van der Waals surface area contributed by atoms with Crippen LogP contribution in [0.5, 0.6) is 0 Å². The number of carbonyl (C=O) groups excluding carboxylic acids is 1. The van der Waals surface area contributed by atoms with Gasteiger partial charge in [-0.2, -0.15) is 0 Å². The second-order valence-electron chi connectivity index (χ2n) is 6.47. The third kappa shape index (κ3) is 5.05. The van der Waals surface area contributed by atoms with Gasteiger partial charge in [-0.05, 0) is 29.8 Å². The predicted octanol–water partition coefficient (Wildman–Crippen LogP) is 3.12. The van der Waals surface area contributed by atoms with E-state index >= 15 is 0 Å². The average Bonchev–Trinajstić information content (AvgIpc) is 2.63. The summed E-state index contributed by atoms with van der Waals surface area (Å²) in [5.41, 5.74) is 2.17. The van der Waals surface area contributed by atoms with Crippen LogP contribution in [-0.4, -0.2) is 55.5 Å². The Bertz CT molecular complexity index is 699. The monoisotopic (exact) mass is 357 g/mol. The van der Waals surface area contributed by atoms with Gasteiger partial charge in [0.15, 0.2) is 0 Å². The van der Waals surface area contributed by atoms with Crippen LogP contribution in [-0.2, 0) is 11.3 Å². The number of likely N-dealkylation sites (N-methyl/N-ethyl adjacent to an activating group) is 1. The Labute approximate surface area is 154 Å². The maximum atomic E-state index is 12.5. The van der Waals surface area contributed by atoms with E-state index in [2.05, 4.69) is 15.9 Å². The summed E-state index contributed by atoms with van der Waals surface area (Å²) in [7, 11) is 1.84. The predicted molar refractivity (Wildman–Crippen MR) is 103 cm³/mol. The summed E-state index contributed by atoms with van der Waals surface area (Å²) in [5, 5.41) is 0.783. The van der Waals surface area contributed by atoms with Gasteiger partial charge in [-0.1, -0.05) is 41.9 Å². The molecule has 0 radical (unpaired) electrons. The van der Waals surface area contributed by atoms with Gasteiger partial charge in [0.25, 0.3) is 0 Å². The molecule has 1 aliphatic heterocycles. The van der Waals surface area contributed by atoms with Gasteiger partial charge in [0.05, 0.1) is 6.54 Å². The third-order valence-corrected chi connectivity index (χ3v) is 4.87. The molecule has 1 saturated heterocycles. The van der Waals surface area contributed by atoms with E-state index in [0.29, 0.717) is 6.54 Å². The Morgan fingerprint density at radius 3 is 2.36 bits per heavy atom. The molecule has 1 heterocycles. The van der Waals surface area contributed by atoms with Gasteiger partial charge in [0.2, 0.25) is 5.91 Å². The van der Waals surface area contributed by atoms with Crippen molar-refractivity contribution >= 4 is 23.2 Å². The summed E-state index contributed by atoms with van der Waals surface area (Å²) >= 11 is 6.05. The largest absolute Gasteiger partial charge is 0.314 e. The second-order valence-corrected chi connectivity index (χ2v) is 6.91. The number of piperazine rings is 1. The zero-order valence-corrected chi connectivity index (χ0v) is 15.3. The molecular formula is C20H24ClN3O. The van der Waals surface area contributed by atoms with E-state index in [1.807, 2.05) is 55.6 Å². The number of rotatable bonds is 5. The van der Waals surface area contributed by atoms with Gasteiger partial charge in [-0.3, -0.25) is 14.6 Å². The summed E-state index contributed by atoms with van der Waals surface area (Å²) < 4.78 is 0. The van der Waals surface area contributed by atoms with Crippen molar-refractivity contribution in [3.63, 3.8) is 0 Å². The maximum absolute atomic E-state index is 12.5. The fraction of sp³-hybridized carbons (Fsp3) is 0.350. The highest BCUT2D eigenvalue weighted by molar-refractivity contribution is 6.30. The SMILES string of the molecule is CN(C(=O)CN1CCN(Cc2cccc(Cl)c2)CC1)c1ccccc1. The molecule has 1 fully saturated rings. The molecule has 2 aromatic carbocycles. The lowest BCUT2D eigenvalue weighted by Gasteiger charge is -2.35. The number of para-hydroxylation sites is 1. The first-order valence-corrected chi connectivity index (χ1v) is 9.00. The summed E-state index contributed by atoms with van der Waals surface area (Å²) in [6.45, 7) is 5.14. The number of anilines is 1. The zero-order valence-electron chi connectivity index (χ0n) is 14.6. The Morgan fingerprint density at radius 2 is 1.68 bits per heavy atom. The molecule has 5 heteroatoms. The standard InChI is InChI=1S/C20H24ClN3O/c1-22(19-8-3-2-4-9-19)20(25)16-24-12-10-23(11-13-24)15-17-6-5-7-18(21)14-17/h2-9,14H,10-13,15-16H2,1H3. The molecule has 0 saturated carbocycles. The number of hydrogen-bond donors (Lipinski definition) is 0. The third-order valence-electron chi connectivity index (χ3n) is 4.64. The lowest BCUT2D eigenvalue weighted by molar-refractivity contribution is -0.119. The lowest BCUT2D eigenvalue weighted by atomic mass is 10.2. The smallest absolute Gasteiger partial charge is 0.240 e. The van der Waals surface area contributed by atoms with Crippen LogP contribution in [0.25, 0.3) is 0 Å². The van der Waals surface area contributed by atoms with Gasteiger partial charge < -0.3 is 4.90 Å². The molecule has 1 amide bonds. The summed E-state index contributed by atoms with van der Waals surface area (Å²) in [6, 6.07) is 17.8. The van der Waals surface area contributed by atoms with Crippen LogP contribution in [0.15, 0.2) is 54.6 Å². The molecule has 132 valence electrons. The van der Waals surface area contributed by atoms with Gasteiger partial charge in [-0.25, -0.2) is 0 Å². The molecular weight excluding hydrogens is 334 g/mol. The van der Waals surface area contributed by atoms with Crippen molar-refractivity contribution in [3.8, 4) is 0 Å². The second kappa shape index (κ2) is 8.48. The van der Waals surface area contributed by atoms with Crippen molar-refractivity contribution in [3.05, 3.63) is 65.2 Å². The first kappa shape index (κ1) is 17.9. The Balaban J connectivity index is 1.47. The summed E-state index contributed by atoms with van der Waals surface area (Å²) in [6.07, 6.45) is 0. The van der Waals surface area contributed by atoms with Gasteiger partial charge in [-0.15, -0.1) is 0 Å². The number of nitrogens with zero attached hydrogens (tertiary/aromatic N) is 3. The van der Waals surface area contributed by atoms with E-state index < -0.39 is 0 Å². The number of hydrogen-bond acceptors (Lipinski definition) is 3. The highest BCUT2D eigenvalue weighted by Gasteiger charge is 2.21. The quantitative estimate of drug-likeness (QED) is 0.822. The molecule has 1 aliphatic rings. The van der Waals surface area contributed by atoms with E-state index in [1.165, 1.54) is 5.56 Å². The Kier molecular flexibility index (Phi) is 6.08. The molecule has 0 aromatic heterocycles. The van der Waals surface area contributed by atoms with Crippen molar-refractivity contribution in [1.82, 2.24) is 9.80 Å². The number of carbonyl (C=O) groups is 1. The van der Waals surface area contributed by atoms with Gasteiger partial charge >= 0.3 is 0 Å². The lowest BCUT2D eigenvalue weighted by Crippen LogP contribution is -2.49. The summed E-state index contributed by atoms with van der Waals surface area (Å²) in [4.78, 5) is 18.9. The normalized spacial score (nSPS) is 15.9. The van der Waals surface area contributed by atoms with Crippen LogP contribution in [0.3, 0.4) is 0 Å². The molecule has 0 unspecified atom stereocenters. The van der Waals surface area contributed by atoms with Crippen molar-refractivity contribution in [1.29, 1.82) is 0 Å². The van der Waals surface area contributed by atoms with E-state index in [4.69, 9.17) is 11.6 Å². The van der Waals surface area contributed by atoms with Crippen LogP contribution in [0, 0.1) is 0 Å². The minimum absolute atomic E-state index is 0.134. The van der Waals surface area contributed by atoms with Crippen LogP contribution < -0.4 is 4.90 Å². The summed E-state index contributed by atoms with van der Waals surface area (Å²) in [5.74, 6) is 0.134. The Morgan fingerprint density at radius 1 is 1.00 bits per heavy atom. The number of benzene rings is 2. The van der Waals surface area contributed by atoms with Crippen LogP contribution >= 0.6 is 11.6 Å². The minimum Gasteiger partial charge on any atom is -0.314 e. The molecule has 0 spiro atoms. The molecule has 25 heavy (non-hydrogen) atoms. The molecule has 4 nitrogen and oxygen atoms in total. The minimum atomic E-state index is 0.134. The fourth-order valence-electron chi connectivity index (χ4n) is 3.09. The van der Waals surface area contributed by atoms with Crippen LogP contribution in [0.1, 0.15) is 5.56 Å². The van der Waals surface area contributed by atoms with E-state index in [9.17, 15) is 4.79 Å². The molecule has 2 aromatic rings. The molecule has 3 rings (SSSR count). The first-order chi connectivity index (χ1) is 12.1. The first-order valence-electron chi connectivity index (χ1n) is 8.62. The van der Waals surface area contributed by atoms with Crippen molar-refractivity contribution in [2.75, 3.05) is 44.7 Å². The molecule has 0 N–H and O–H groups in total. The van der Waals surface area contributed by atoms with E-state index in [-0.39, 0.29) is 5.91 Å². The van der Waals surface area contributed by atoms with Crippen LogP contribution in [0.4, 0.5) is 5.69 Å². The van der Waals surface area contributed by atoms with Gasteiger partial charge in [0.1, 0.15) is 0 Å². The zero-order chi connectivity index (χ0) is 17.6. The molecule has 0 bridgehead atoms. The van der Waals surface area contributed by atoms with Crippen molar-refractivity contribution in [2.24, 2.45) is 0 Å². The van der Waals surface area contributed by atoms with E-state index in [0.717, 1.165) is 43.4 Å². The Hall–Kier alpha value is -1.88. The van der Waals surface area contributed by atoms with Crippen molar-refractivity contribution < 1.29 is 4.79 Å². The number of amides is 1. The highest BCUT2D eigenvalue weighted by atomic mass is 35.5. The fourth-order valence-corrected chi connectivity index (χ4v) is 3.30.